The van der Waals surface area contributed by atoms with Crippen LogP contribution in [-0.4, -0.2) is 31.1 Å². The topological polar surface area (TPSA) is 81.3 Å². The van der Waals surface area contributed by atoms with E-state index in [9.17, 15) is 9.59 Å². The molecule has 2 aromatic heterocycles. The minimum Gasteiger partial charge on any atom is -0.350 e. The highest BCUT2D eigenvalue weighted by atomic mass is 35.5. The number of rotatable bonds is 7. The van der Waals surface area contributed by atoms with Crippen LogP contribution in [0.3, 0.4) is 0 Å². The van der Waals surface area contributed by atoms with Crippen molar-refractivity contribution >= 4 is 46.0 Å². The van der Waals surface area contributed by atoms with Gasteiger partial charge in [0.25, 0.3) is 11.5 Å². The van der Waals surface area contributed by atoms with Gasteiger partial charge in [0.05, 0.1) is 10.9 Å². The highest BCUT2D eigenvalue weighted by molar-refractivity contribution is 7.98. The lowest BCUT2D eigenvalue weighted by atomic mass is 10.1. The molecule has 2 aromatic carbocycles. The summed E-state index contributed by atoms with van der Waals surface area (Å²) >= 11 is 7.64. The highest BCUT2D eigenvalue weighted by Crippen LogP contribution is 2.26. The average molecular weight is 484 g/mol. The first-order valence-electron chi connectivity index (χ1n) is 10.8. The van der Waals surface area contributed by atoms with E-state index in [1.165, 1.54) is 11.8 Å². The van der Waals surface area contributed by atoms with Gasteiger partial charge in [-0.25, -0.2) is 0 Å². The molecule has 0 fully saturated rings. The molecule has 1 N–H and O–H groups in total. The van der Waals surface area contributed by atoms with E-state index in [1.54, 1.807) is 22.8 Å². The van der Waals surface area contributed by atoms with Crippen molar-refractivity contribution in [3.05, 3.63) is 69.0 Å². The van der Waals surface area contributed by atoms with Crippen molar-refractivity contribution in [3.8, 4) is 0 Å². The monoisotopic (exact) mass is 483 g/mol. The number of hydrogen-bond acceptors (Lipinski definition) is 5. The van der Waals surface area contributed by atoms with E-state index in [-0.39, 0.29) is 23.4 Å². The van der Waals surface area contributed by atoms with Crippen LogP contribution >= 0.6 is 23.4 Å². The largest absolute Gasteiger partial charge is 0.350 e. The molecule has 0 aliphatic carbocycles. The van der Waals surface area contributed by atoms with Crippen LogP contribution in [0.2, 0.25) is 5.02 Å². The van der Waals surface area contributed by atoms with Crippen LogP contribution in [0.25, 0.3) is 16.7 Å². The Hall–Kier alpha value is -2.84. The van der Waals surface area contributed by atoms with Crippen molar-refractivity contribution in [2.45, 2.75) is 51.2 Å². The number of aromatic nitrogens is 4. The van der Waals surface area contributed by atoms with E-state index in [0.29, 0.717) is 44.7 Å². The second kappa shape index (κ2) is 9.57. The fraction of sp³-hybridized carbons (Fsp3) is 0.333. The third-order valence-electron chi connectivity index (χ3n) is 5.06. The van der Waals surface area contributed by atoms with Crippen molar-refractivity contribution in [1.29, 1.82) is 0 Å². The fourth-order valence-electron chi connectivity index (χ4n) is 3.67. The number of fused-ring (bicyclic) bond motifs is 3. The van der Waals surface area contributed by atoms with Gasteiger partial charge in [-0.15, -0.1) is 10.2 Å². The van der Waals surface area contributed by atoms with E-state index in [0.717, 1.165) is 5.56 Å². The summed E-state index contributed by atoms with van der Waals surface area (Å²) in [7, 11) is 0. The second-order valence-electron chi connectivity index (χ2n) is 8.71. The zero-order valence-electron chi connectivity index (χ0n) is 19.0. The molecule has 33 heavy (non-hydrogen) atoms. The first-order chi connectivity index (χ1) is 15.7. The number of benzene rings is 2. The Kier molecular flexibility index (Phi) is 6.76. The summed E-state index contributed by atoms with van der Waals surface area (Å²) < 4.78 is 3.54. The van der Waals surface area contributed by atoms with Gasteiger partial charge in [0.2, 0.25) is 5.78 Å². The van der Waals surface area contributed by atoms with Gasteiger partial charge in [-0.05, 0) is 55.7 Å². The zero-order valence-corrected chi connectivity index (χ0v) is 20.6. The third kappa shape index (κ3) is 4.91. The lowest BCUT2D eigenvalue weighted by Crippen LogP contribution is -2.30. The Morgan fingerprint density at radius 1 is 1.12 bits per heavy atom. The van der Waals surface area contributed by atoms with Crippen LogP contribution in [0.4, 0.5) is 0 Å². The molecule has 1 amide bonds. The van der Waals surface area contributed by atoms with Gasteiger partial charge >= 0.3 is 0 Å². The predicted molar refractivity (Wildman–Crippen MR) is 133 cm³/mol. The molecule has 0 saturated carbocycles. The van der Waals surface area contributed by atoms with Gasteiger partial charge in [-0.1, -0.05) is 49.3 Å². The Morgan fingerprint density at radius 3 is 2.61 bits per heavy atom. The average Bonchev–Trinajstić information content (AvgIpc) is 3.18. The number of halogens is 1. The second-order valence-corrected chi connectivity index (χ2v) is 10.1. The summed E-state index contributed by atoms with van der Waals surface area (Å²) in [6, 6.07) is 12.8. The van der Waals surface area contributed by atoms with Crippen molar-refractivity contribution in [1.82, 2.24) is 24.5 Å². The fourth-order valence-corrected chi connectivity index (χ4v) is 4.76. The SMILES string of the molecule is CC(C)Cn1c(=O)c2ccc(C(=O)NC(C)C)cc2n2c(SCc3cccc(Cl)c3)nnc12. The molecule has 0 aliphatic rings. The molecule has 0 radical (unpaired) electrons. The Morgan fingerprint density at radius 2 is 1.91 bits per heavy atom. The number of carbonyl (C=O) groups is 1. The van der Waals surface area contributed by atoms with Crippen LogP contribution in [0.15, 0.2) is 52.4 Å². The molecular formula is C24H26ClN5O2S. The lowest BCUT2D eigenvalue weighted by molar-refractivity contribution is 0.0943. The summed E-state index contributed by atoms with van der Waals surface area (Å²) in [5.41, 5.74) is 2.02. The molecule has 172 valence electrons. The summed E-state index contributed by atoms with van der Waals surface area (Å²) in [6.07, 6.45) is 0. The summed E-state index contributed by atoms with van der Waals surface area (Å²) in [6.45, 7) is 8.44. The quantitative estimate of drug-likeness (QED) is 0.382. The van der Waals surface area contributed by atoms with Gasteiger partial charge in [-0.2, -0.15) is 0 Å². The standard InChI is InChI=1S/C24H26ClN5O2S/c1-14(2)12-29-22(32)19-9-8-17(21(31)26-15(3)4)11-20(19)30-23(29)27-28-24(30)33-13-16-6-5-7-18(25)10-16/h5-11,14-15H,12-13H2,1-4H3,(H,26,31). The van der Waals surface area contributed by atoms with Crippen LogP contribution in [0.5, 0.6) is 0 Å². The van der Waals surface area contributed by atoms with Crippen molar-refractivity contribution in [2.24, 2.45) is 5.92 Å². The van der Waals surface area contributed by atoms with E-state index in [2.05, 4.69) is 29.4 Å². The maximum absolute atomic E-state index is 13.3. The van der Waals surface area contributed by atoms with Gasteiger partial charge in [-0.3, -0.25) is 18.6 Å². The predicted octanol–water partition coefficient (Wildman–Crippen LogP) is 4.78. The van der Waals surface area contributed by atoms with Gasteiger partial charge in [0, 0.05) is 28.9 Å². The number of nitrogens with zero attached hydrogens (tertiary/aromatic N) is 4. The van der Waals surface area contributed by atoms with E-state index >= 15 is 0 Å². The number of nitrogens with one attached hydrogen (secondary N) is 1. The van der Waals surface area contributed by atoms with E-state index in [1.807, 2.05) is 42.5 Å². The molecule has 0 saturated heterocycles. The Bertz CT molecular complexity index is 1390. The zero-order chi connectivity index (χ0) is 23.7. The van der Waals surface area contributed by atoms with Crippen LogP contribution < -0.4 is 10.9 Å². The van der Waals surface area contributed by atoms with E-state index in [4.69, 9.17) is 11.6 Å². The summed E-state index contributed by atoms with van der Waals surface area (Å²) in [5.74, 6) is 1.17. The summed E-state index contributed by atoms with van der Waals surface area (Å²) in [5, 5.41) is 13.5. The first-order valence-corrected chi connectivity index (χ1v) is 12.2. The first kappa shape index (κ1) is 23.3. The minimum atomic E-state index is -0.187. The molecule has 0 unspecified atom stereocenters. The normalized spacial score (nSPS) is 11.7. The van der Waals surface area contributed by atoms with Crippen LogP contribution in [0.1, 0.15) is 43.6 Å². The molecule has 0 bridgehead atoms. The molecule has 9 heteroatoms. The van der Waals surface area contributed by atoms with Gasteiger partial charge < -0.3 is 5.32 Å². The highest BCUT2D eigenvalue weighted by Gasteiger charge is 2.19. The maximum atomic E-state index is 13.3. The van der Waals surface area contributed by atoms with Gasteiger partial charge in [0.15, 0.2) is 5.16 Å². The molecule has 0 aliphatic heterocycles. The minimum absolute atomic E-state index is 0.00554. The smallest absolute Gasteiger partial charge is 0.262 e. The molecule has 2 heterocycles. The molecule has 7 nitrogen and oxygen atoms in total. The number of thioether (sulfide) groups is 1. The number of hydrogen-bond donors (Lipinski definition) is 1. The van der Waals surface area contributed by atoms with Crippen LogP contribution in [0, 0.1) is 5.92 Å². The molecule has 0 atom stereocenters. The van der Waals surface area contributed by atoms with E-state index < -0.39 is 0 Å². The molecule has 4 aromatic rings. The molecule has 0 spiro atoms. The lowest BCUT2D eigenvalue weighted by Gasteiger charge is -2.14. The van der Waals surface area contributed by atoms with Crippen LogP contribution in [-0.2, 0) is 12.3 Å². The number of carbonyl (C=O) groups excluding carboxylic acids is 1. The van der Waals surface area contributed by atoms with Crippen molar-refractivity contribution in [2.75, 3.05) is 0 Å². The van der Waals surface area contributed by atoms with Gasteiger partial charge in [0.1, 0.15) is 0 Å². The number of amides is 1. The Labute approximate surface area is 201 Å². The summed E-state index contributed by atoms with van der Waals surface area (Å²) in [4.78, 5) is 26.0. The third-order valence-corrected chi connectivity index (χ3v) is 6.29. The molecule has 4 rings (SSSR count). The van der Waals surface area contributed by atoms with Crippen molar-refractivity contribution in [3.63, 3.8) is 0 Å². The maximum Gasteiger partial charge on any atom is 0.262 e. The van der Waals surface area contributed by atoms with Crippen molar-refractivity contribution < 1.29 is 4.79 Å². The molecular weight excluding hydrogens is 458 g/mol. The Balaban J connectivity index is 1.88.